The van der Waals surface area contributed by atoms with E-state index in [9.17, 15) is 25.0 Å². The van der Waals surface area contributed by atoms with E-state index in [4.69, 9.17) is 0 Å². The molecule has 3 rings (SSSR count). The summed E-state index contributed by atoms with van der Waals surface area (Å²) in [4.78, 5) is 37.7. The normalized spacial score (nSPS) is 10.9. The number of aromatic nitrogens is 1. The quantitative estimate of drug-likeness (QED) is 0.366. The number of hydrogen-bond acceptors (Lipinski definition) is 9. The number of rotatable bonds is 6. The number of hydrogen-bond donors (Lipinski definition) is 1. The molecule has 0 aliphatic rings. The molecule has 9 nitrogen and oxygen atoms in total. The summed E-state index contributed by atoms with van der Waals surface area (Å²) in [5.41, 5.74) is 0.540. The molecule has 1 N–H and O–H groups in total. The molecule has 0 unspecified atom stereocenters. The first-order valence-electron chi connectivity index (χ1n) is 6.84. The smallest absolute Gasteiger partial charge is 0.298 e. The highest BCUT2D eigenvalue weighted by Crippen LogP contribution is 2.32. The number of anilines is 1. The van der Waals surface area contributed by atoms with Crippen molar-refractivity contribution in [3.63, 3.8) is 0 Å². The van der Waals surface area contributed by atoms with Gasteiger partial charge >= 0.3 is 5.00 Å². The molecule has 1 amide bonds. The van der Waals surface area contributed by atoms with Crippen LogP contribution in [0.1, 0.15) is 4.88 Å². The molecule has 3 aromatic rings. The molecule has 0 fully saturated rings. The lowest BCUT2D eigenvalue weighted by molar-refractivity contribution is -0.384. The van der Waals surface area contributed by atoms with Crippen LogP contribution in [0.15, 0.2) is 35.0 Å². The largest absolute Gasteiger partial charge is 0.324 e. The summed E-state index contributed by atoms with van der Waals surface area (Å²) in [6, 6.07) is 4.35. The van der Waals surface area contributed by atoms with Gasteiger partial charge in [-0.15, -0.1) is 22.7 Å². The second-order valence-electron chi connectivity index (χ2n) is 4.72. The molecule has 3 heterocycles. The van der Waals surface area contributed by atoms with Crippen molar-refractivity contribution in [2.24, 2.45) is 0 Å². The Labute approximate surface area is 157 Å². The summed E-state index contributed by atoms with van der Waals surface area (Å²) in [7, 11) is 0. The van der Waals surface area contributed by atoms with Gasteiger partial charge in [-0.05, 0) is 12.1 Å². The summed E-state index contributed by atoms with van der Waals surface area (Å²) in [5.74, 6) is -0.431. The van der Waals surface area contributed by atoms with Crippen molar-refractivity contribution in [3.05, 3.63) is 60.1 Å². The van der Waals surface area contributed by atoms with Gasteiger partial charge in [0.25, 0.3) is 5.69 Å². The maximum absolute atomic E-state index is 11.9. The fraction of sp³-hybridized carbons (Fsp3) is 0. The number of amides is 1. The molecule has 0 aromatic carbocycles. The lowest BCUT2D eigenvalue weighted by Crippen LogP contribution is -2.07. The molecule has 0 spiro atoms. The minimum atomic E-state index is -0.492. The maximum Gasteiger partial charge on any atom is 0.324 e. The molecule has 0 aliphatic heterocycles. The van der Waals surface area contributed by atoms with E-state index in [0.717, 1.165) is 11.3 Å². The van der Waals surface area contributed by atoms with Crippen LogP contribution in [0.2, 0.25) is 0 Å². The topological polar surface area (TPSA) is 128 Å². The van der Waals surface area contributed by atoms with Gasteiger partial charge in [-0.1, -0.05) is 11.3 Å². The Morgan fingerprint density at radius 1 is 1.15 bits per heavy atom. The van der Waals surface area contributed by atoms with Crippen molar-refractivity contribution in [3.8, 4) is 10.6 Å². The number of carbonyl (C=O) groups is 1. The summed E-state index contributed by atoms with van der Waals surface area (Å²) in [5, 5.41) is 27.4. The Morgan fingerprint density at radius 3 is 2.62 bits per heavy atom. The van der Waals surface area contributed by atoms with Crippen molar-refractivity contribution in [1.29, 1.82) is 0 Å². The van der Waals surface area contributed by atoms with E-state index in [-0.39, 0.29) is 10.7 Å². The number of nitrogens with one attached hydrogen (secondary N) is 1. The van der Waals surface area contributed by atoms with Gasteiger partial charge in [0, 0.05) is 28.5 Å². The lowest BCUT2D eigenvalue weighted by atomic mass is 10.4. The first kappa shape index (κ1) is 17.8. The Balaban J connectivity index is 1.64. The van der Waals surface area contributed by atoms with E-state index in [2.05, 4.69) is 10.3 Å². The minimum Gasteiger partial charge on any atom is -0.298 e. The van der Waals surface area contributed by atoms with Gasteiger partial charge in [0.2, 0.25) is 5.91 Å². The fourth-order valence-electron chi connectivity index (χ4n) is 1.84. The number of nitro groups is 2. The molecule has 3 aromatic heterocycles. The van der Waals surface area contributed by atoms with Crippen molar-refractivity contribution in [1.82, 2.24) is 4.98 Å². The van der Waals surface area contributed by atoms with Gasteiger partial charge in [0.05, 0.1) is 25.8 Å². The molecule has 0 bridgehead atoms. The molecule has 0 radical (unpaired) electrons. The van der Waals surface area contributed by atoms with Crippen LogP contribution in [0.4, 0.5) is 15.8 Å². The number of carbonyl (C=O) groups excluding carboxylic acids is 1. The highest BCUT2D eigenvalue weighted by atomic mass is 32.1. The van der Waals surface area contributed by atoms with Gasteiger partial charge in [0.1, 0.15) is 0 Å². The van der Waals surface area contributed by atoms with Crippen LogP contribution in [0.25, 0.3) is 16.6 Å². The number of thiophene rings is 2. The van der Waals surface area contributed by atoms with Crippen molar-refractivity contribution < 1.29 is 14.6 Å². The van der Waals surface area contributed by atoms with Gasteiger partial charge in [-0.2, -0.15) is 0 Å². The molecule has 0 saturated carbocycles. The molecular formula is C14H8N4O5S3. The molecular weight excluding hydrogens is 400 g/mol. The third kappa shape index (κ3) is 4.17. The second kappa shape index (κ2) is 7.51. The van der Waals surface area contributed by atoms with Crippen LogP contribution in [0, 0.1) is 20.2 Å². The first-order valence-corrected chi connectivity index (χ1v) is 9.42. The van der Waals surface area contributed by atoms with E-state index >= 15 is 0 Å². The van der Waals surface area contributed by atoms with Crippen LogP contribution in [0.3, 0.4) is 0 Å². The highest BCUT2D eigenvalue weighted by Gasteiger charge is 2.14. The number of thiazole rings is 1. The Kier molecular flexibility index (Phi) is 5.16. The van der Waals surface area contributed by atoms with E-state index in [1.807, 2.05) is 0 Å². The van der Waals surface area contributed by atoms with Crippen LogP contribution in [0.5, 0.6) is 0 Å². The summed E-state index contributed by atoms with van der Waals surface area (Å²) in [6.07, 6.45) is 2.73. The molecule has 0 aliphatic carbocycles. The lowest BCUT2D eigenvalue weighted by Gasteiger charge is -1.95. The average molecular weight is 408 g/mol. The van der Waals surface area contributed by atoms with Crippen LogP contribution in [-0.2, 0) is 4.79 Å². The van der Waals surface area contributed by atoms with Crippen LogP contribution < -0.4 is 5.32 Å². The zero-order valence-electron chi connectivity index (χ0n) is 12.6. The number of nitrogens with zero attached hydrogens (tertiary/aromatic N) is 3. The molecule has 26 heavy (non-hydrogen) atoms. The minimum absolute atomic E-state index is 0.000310. The molecule has 132 valence electrons. The highest BCUT2D eigenvalue weighted by molar-refractivity contribution is 7.16. The van der Waals surface area contributed by atoms with Crippen molar-refractivity contribution in [2.45, 2.75) is 0 Å². The Morgan fingerprint density at radius 2 is 1.96 bits per heavy atom. The van der Waals surface area contributed by atoms with Crippen LogP contribution in [-0.4, -0.2) is 20.7 Å². The Hall–Kier alpha value is -2.96. The maximum atomic E-state index is 11.9. The van der Waals surface area contributed by atoms with E-state index < -0.39 is 15.8 Å². The van der Waals surface area contributed by atoms with Crippen molar-refractivity contribution in [2.75, 3.05) is 5.32 Å². The van der Waals surface area contributed by atoms with Gasteiger partial charge in [0.15, 0.2) is 5.13 Å². The van der Waals surface area contributed by atoms with E-state index in [0.29, 0.717) is 20.6 Å². The average Bonchev–Trinajstić information content (AvgIpc) is 3.32. The van der Waals surface area contributed by atoms with E-state index in [1.54, 1.807) is 11.4 Å². The predicted octanol–water partition coefficient (Wildman–Crippen LogP) is 4.40. The first-order chi connectivity index (χ1) is 12.4. The second-order valence-corrected chi connectivity index (χ2v) is 7.58. The fourth-order valence-corrected chi connectivity index (χ4v) is 4.16. The zero-order valence-corrected chi connectivity index (χ0v) is 15.1. The zero-order chi connectivity index (χ0) is 18.7. The van der Waals surface area contributed by atoms with E-state index in [1.165, 1.54) is 52.3 Å². The summed E-state index contributed by atoms with van der Waals surface area (Å²) < 4.78 is 0. The SMILES string of the molecule is O=C(C=Cc1ccc([N+](=O)[O-])s1)Nc1nc(-c2cc([N+](=O)[O-])cs2)cs1. The summed E-state index contributed by atoms with van der Waals surface area (Å²) >= 11 is 3.35. The van der Waals surface area contributed by atoms with Gasteiger partial charge < -0.3 is 0 Å². The Bertz CT molecular complexity index is 1020. The third-order valence-electron chi connectivity index (χ3n) is 2.97. The van der Waals surface area contributed by atoms with Crippen LogP contribution >= 0.6 is 34.0 Å². The van der Waals surface area contributed by atoms with Gasteiger partial charge in [-0.25, -0.2) is 4.98 Å². The predicted molar refractivity (Wildman–Crippen MR) is 101 cm³/mol. The molecule has 0 atom stereocenters. The monoisotopic (exact) mass is 408 g/mol. The van der Waals surface area contributed by atoms with Gasteiger partial charge in [-0.3, -0.25) is 30.3 Å². The summed E-state index contributed by atoms with van der Waals surface area (Å²) in [6.45, 7) is 0. The third-order valence-corrected chi connectivity index (χ3v) is 5.67. The molecule has 0 saturated heterocycles. The standard InChI is InChI=1S/C14H8N4O5S3/c19-12(3-1-9-2-4-13(26-9)18(22)23)16-14-15-10(7-25-14)11-5-8(6-24-11)17(20)21/h1-7H,(H,15,16,19). The van der Waals surface area contributed by atoms with Crippen molar-refractivity contribution >= 4 is 61.8 Å². The molecule has 12 heteroatoms.